The zero-order valence-electron chi connectivity index (χ0n) is 6.37. The molecule has 11 heavy (non-hydrogen) atoms. The fourth-order valence-electron chi connectivity index (χ4n) is 0.848. The molecule has 1 aromatic heterocycles. The molecule has 0 aliphatic heterocycles. The maximum atomic E-state index is 10.3. The van der Waals surface area contributed by atoms with Crippen LogP contribution in [0.1, 0.15) is 16.1 Å². The van der Waals surface area contributed by atoms with Crippen LogP contribution in [0.3, 0.4) is 0 Å². The monoisotopic (exact) mass is 150 g/mol. The smallest absolute Gasteiger partial charge is 0.150 e. The summed E-state index contributed by atoms with van der Waals surface area (Å²) in [6.07, 6.45) is 2.46. The topological polar surface area (TPSA) is 42.0 Å². The van der Waals surface area contributed by atoms with Crippen LogP contribution in [-0.4, -0.2) is 18.3 Å². The van der Waals surface area contributed by atoms with Crippen LogP contribution in [0.25, 0.3) is 0 Å². The van der Waals surface area contributed by atoms with Gasteiger partial charge in [0.05, 0.1) is 5.69 Å². The molecule has 1 rings (SSSR count). The van der Waals surface area contributed by atoms with Gasteiger partial charge >= 0.3 is 0 Å². The molecule has 0 saturated carbocycles. The van der Waals surface area contributed by atoms with Crippen molar-refractivity contribution in [2.24, 2.45) is 0 Å². The summed E-state index contributed by atoms with van der Waals surface area (Å²) in [6, 6.07) is 3.45. The molecular formula is C8H10N2O. The number of nitrogens with zero attached hydrogens (tertiary/aromatic N) is 1. The second-order valence-corrected chi connectivity index (χ2v) is 2.23. The number of aldehydes is 1. The van der Waals surface area contributed by atoms with Gasteiger partial charge in [0.25, 0.3) is 0 Å². The lowest BCUT2D eigenvalue weighted by molar-refractivity contribution is 0.112. The summed E-state index contributed by atoms with van der Waals surface area (Å²) in [7, 11) is 1.84. The third-order valence-corrected chi connectivity index (χ3v) is 1.33. The van der Waals surface area contributed by atoms with Gasteiger partial charge in [0.15, 0.2) is 0 Å². The van der Waals surface area contributed by atoms with Gasteiger partial charge in [-0.25, -0.2) is 0 Å². The molecule has 0 fully saturated rings. The maximum Gasteiger partial charge on any atom is 0.150 e. The Labute approximate surface area is 65.5 Å². The van der Waals surface area contributed by atoms with Gasteiger partial charge in [-0.05, 0) is 19.2 Å². The molecule has 0 aliphatic rings. The third kappa shape index (κ3) is 2.13. The summed E-state index contributed by atoms with van der Waals surface area (Å²) >= 11 is 0. The molecular weight excluding hydrogens is 140 g/mol. The number of rotatable bonds is 3. The highest BCUT2D eigenvalue weighted by Crippen LogP contribution is 1.97. The van der Waals surface area contributed by atoms with Crippen molar-refractivity contribution in [3.05, 3.63) is 29.6 Å². The van der Waals surface area contributed by atoms with E-state index in [2.05, 4.69) is 10.3 Å². The minimum Gasteiger partial charge on any atom is -0.314 e. The Bertz CT molecular complexity index is 248. The van der Waals surface area contributed by atoms with Crippen LogP contribution in [0.5, 0.6) is 0 Å². The molecule has 0 aromatic carbocycles. The SMILES string of the molecule is CNCc1cc(C=O)ccn1. The van der Waals surface area contributed by atoms with Gasteiger partial charge in [-0.15, -0.1) is 0 Å². The van der Waals surface area contributed by atoms with Crippen LogP contribution in [-0.2, 0) is 6.54 Å². The van der Waals surface area contributed by atoms with Crippen molar-refractivity contribution in [1.29, 1.82) is 0 Å². The molecule has 58 valence electrons. The maximum absolute atomic E-state index is 10.3. The van der Waals surface area contributed by atoms with Gasteiger partial charge in [-0.2, -0.15) is 0 Å². The first-order valence-electron chi connectivity index (χ1n) is 3.41. The molecule has 1 aromatic rings. The fraction of sp³-hybridized carbons (Fsp3) is 0.250. The molecule has 0 atom stereocenters. The van der Waals surface area contributed by atoms with E-state index in [1.807, 2.05) is 7.05 Å². The van der Waals surface area contributed by atoms with E-state index in [0.717, 1.165) is 12.0 Å². The molecule has 0 unspecified atom stereocenters. The van der Waals surface area contributed by atoms with Crippen molar-refractivity contribution in [2.45, 2.75) is 6.54 Å². The minimum atomic E-state index is 0.672. The first-order chi connectivity index (χ1) is 5.36. The van der Waals surface area contributed by atoms with Crippen molar-refractivity contribution >= 4 is 6.29 Å². The van der Waals surface area contributed by atoms with E-state index in [4.69, 9.17) is 0 Å². The number of hydrogen-bond acceptors (Lipinski definition) is 3. The standard InChI is InChI=1S/C8H10N2O/c1-9-5-8-4-7(6-11)2-3-10-8/h2-4,6,9H,5H2,1H3. The van der Waals surface area contributed by atoms with E-state index in [0.29, 0.717) is 12.1 Å². The molecule has 1 N–H and O–H groups in total. The number of carbonyl (C=O) groups is 1. The summed E-state index contributed by atoms with van der Waals surface area (Å²) in [4.78, 5) is 14.4. The van der Waals surface area contributed by atoms with Crippen LogP contribution < -0.4 is 5.32 Å². The molecule has 0 spiro atoms. The van der Waals surface area contributed by atoms with Crippen molar-refractivity contribution < 1.29 is 4.79 Å². The third-order valence-electron chi connectivity index (χ3n) is 1.33. The lowest BCUT2D eigenvalue weighted by Gasteiger charge is -1.97. The Morgan fingerprint density at radius 1 is 1.73 bits per heavy atom. The first-order valence-corrected chi connectivity index (χ1v) is 3.41. The van der Waals surface area contributed by atoms with E-state index < -0.39 is 0 Å². The Kier molecular flexibility index (Phi) is 2.74. The first kappa shape index (κ1) is 7.88. The molecule has 0 aliphatic carbocycles. The largest absolute Gasteiger partial charge is 0.314 e. The summed E-state index contributed by atoms with van der Waals surface area (Å²) in [5.74, 6) is 0. The van der Waals surface area contributed by atoms with Gasteiger partial charge in [0, 0.05) is 18.3 Å². The van der Waals surface area contributed by atoms with Crippen molar-refractivity contribution in [3.63, 3.8) is 0 Å². The van der Waals surface area contributed by atoms with E-state index in [1.54, 1.807) is 18.3 Å². The average Bonchev–Trinajstić information content (AvgIpc) is 2.06. The number of aromatic nitrogens is 1. The van der Waals surface area contributed by atoms with Gasteiger partial charge in [0.2, 0.25) is 0 Å². The molecule has 3 nitrogen and oxygen atoms in total. The fourth-order valence-corrected chi connectivity index (χ4v) is 0.848. The highest BCUT2D eigenvalue weighted by atomic mass is 16.1. The minimum absolute atomic E-state index is 0.672. The van der Waals surface area contributed by atoms with Crippen LogP contribution in [0, 0.1) is 0 Å². The lowest BCUT2D eigenvalue weighted by atomic mass is 10.2. The summed E-state index contributed by atoms with van der Waals surface area (Å²) in [5.41, 5.74) is 1.56. The number of pyridine rings is 1. The highest BCUT2D eigenvalue weighted by Gasteiger charge is 1.93. The van der Waals surface area contributed by atoms with Gasteiger partial charge in [-0.1, -0.05) is 0 Å². The van der Waals surface area contributed by atoms with Gasteiger partial charge in [-0.3, -0.25) is 9.78 Å². The van der Waals surface area contributed by atoms with Crippen molar-refractivity contribution in [2.75, 3.05) is 7.05 Å². The number of carbonyl (C=O) groups excluding carboxylic acids is 1. The number of hydrogen-bond donors (Lipinski definition) is 1. The zero-order valence-corrected chi connectivity index (χ0v) is 6.37. The Morgan fingerprint density at radius 2 is 2.55 bits per heavy atom. The van der Waals surface area contributed by atoms with E-state index in [1.165, 1.54) is 0 Å². The second kappa shape index (κ2) is 3.83. The Morgan fingerprint density at radius 3 is 3.18 bits per heavy atom. The van der Waals surface area contributed by atoms with Gasteiger partial charge < -0.3 is 5.32 Å². The molecule has 1 heterocycles. The summed E-state index contributed by atoms with van der Waals surface area (Å²) in [5, 5.41) is 2.96. The second-order valence-electron chi connectivity index (χ2n) is 2.23. The predicted octanol–water partition coefficient (Wildman–Crippen LogP) is 0.613. The predicted molar refractivity (Wildman–Crippen MR) is 42.4 cm³/mol. The van der Waals surface area contributed by atoms with E-state index in [-0.39, 0.29) is 0 Å². The Balaban J connectivity index is 2.82. The lowest BCUT2D eigenvalue weighted by Crippen LogP contribution is -2.06. The number of nitrogens with one attached hydrogen (secondary N) is 1. The van der Waals surface area contributed by atoms with E-state index >= 15 is 0 Å². The van der Waals surface area contributed by atoms with Crippen LogP contribution in [0.2, 0.25) is 0 Å². The van der Waals surface area contributed by atoms with E-state index in [9.17, 15) is 4.79 Å². The van der Waals surface area contributed by atoms with Crippen molar-refractivity contribution in [1.82, 2.24) is 10.3 Å². The normalized spacial score (nSPS) is 9.55. The van der Waals surface area contributed by atoms with Crippen LogP contribution >= 0.6 is 0 Å². The van der Waals surface area contributed by atoms with Gasteiger partial charge in [0.1, 0.15) is 6.29 Å². The highest BCUT2D eigenvalue weighted by molar-refractivity contribution is 5.74. The molecule has 0 radical (unpaired) electrons. The summed E-state index contributed by atoms with van der Waals surface area (Å²) in [6.45, 7) is 0.696. The average molecular weight is 150 g/mol. The summed E-state index contributed by atoms with van der Waals surface area (Å²) < 4.78 is 0. The zero-order chi connectivity index (χ0) is 8.10. The van der Waals surface area contributed by atoms with Crippen molar-refractivity contribution in [3.8, 4) is 0 Å². The Hall–Kier alpha value is -1.22. The molecule has 3 heteroatoms. The molecule has 0 amide bonds. The molecule has 0 saturated heterocycles. The van der Waals surface area contributed by atoms with Crippen LogP contribution in [0.4, 0.5) is 0 Å². The quantitative estimate of drug-likeness (QED) is 0.642. The molecule has 0 bridgehead atoms. The van der Waals surface area contributed by atoms with Crippen LogP contribution in [0.15, 0.2) is 18.3 Å².